The Hall–Kier alpha value is -4.72. The van der Waals surface area contributed by atoms with Gasteiger partial charge >= 0.3 is 0 Å². The number of hydrogen-bond acceptors (Lipinski definition) is 6. The molecule has 8 rings (SSSR count). The Morgan fingerprint density at radius 1 is 0.812 bits per heavy atom. The summed E-state index contributed by atoms with van der Waals surface area (Å²) in [6.45, 7) is 3.80. The summed E-state index contributed by atoms with van der Waals surface area (Å²) >= 11 is 0. The first-order valence-corrected chi connectivity index (χ1v) is 17.4. The van der Waals surface area contributed by atoms with Crippen molar-refractivity contribution in [2.75, 3.05) is 5.43 Å². The molecule has 2 aliphatic heterocycles. The van der Waals surface area contributed by atoms with Crippen LogP contribution < -0.4 is 5.43 Å². The zero-order valence-electron chi connectivity index (χ0n) is 27.4. The van der Waals surface area contributed by atoms with Crippen LogP contribution >= 0.6 is 0 Å². The lowest BCUT2D eigenvalue weighted by molar-refractivity contribution is -0.144. The van der Waals surface area contributed by atoms with Gasteiger partial charge in [-0.25, -0.2) is 0 Å². The van der Waals surface area contributed by atoms with Crippen molar-refractivity contribution in [3.63, 3.8) is 0 Å². The number of anilines is 1. The molecule has 2 saturated carbocycles. The lowest BCUT2D eigenvalue weighted by atomic mass is 9.49. The Morgan fingerprint density at radius 2 is 1.54 bits per heavy atom. The molecule has 48 heavy (non-hydrogen) atoms. The number of nitrogens with one attached hydrogen (secondary N) is 1. The number of allylic oxidation sites excluding steroid dienone is 2. The molecule has 2 heterocycles. The van der Waals surface area contributed by atoms with Gasteiger partial charge in [-0.05, 0) is 80.3 Å². The average Bonchev–Trinajstić information content (AvgIpc) is 3.48. The van der Waals surface area contributed by atoms with Gasteiger partial charge in [0.15, 0.2) is 0 Å². The number of aromatic hydroxyl groups is 1. The van der Waals surface area contributed by atoms with Crippen molar-refractivity contribution < 1.29 is 24.3 Å². The van der Waals surface area contributed by atoms with Gasteiger partial charge in [-0.2, -0.15) is 5.01 Å². The Morgan fingerprint density at radius 3 is 2.25 bits per heavy atom. The molecular weight excluding hydrogens is 602 g/mol. The molecule has 8 heteroatoms. The van der Waals surface area contributed by atoms with Gasteiger partial charge in [0.25, 0.3) is 11.8 Å². The van der Waals surface area contributed by atoms with E-state index in [2.05, 4.69) is 11.5 Å². The molecule has 6 unspecified atom stereocenters. The summed E-state index contributed by atoms with van der Waals surface area (Å²) in [6.07, 6.45) is 7.61. The second-order valence-electron chi connectivity index (χ2n) is 14.5. The monoisotopic (exact) mass is 643 g/mol. The second kappa shape index (κ2) is 11.5. The van der Waals surface area contributed by atoms with Gasteiger partial charge < -0.3 is 5.11 Å². The zero-order chi connectivity index (χ0) is 33.3. The number of fused-ring (bicyclic) bond motifs is 4. The number of imide groups is 2. The van der Waals surface area contributed by atoms with Crippen molar-refractivity contribution in [3.05, 3.63) is 107 Å². The van der Waals surface area contributed by atoms with Gasteiger partial charge in [-0.1, -0.05) is 91.1 Å². The summed E-state index contributed by atoms with van der Waals surface area (Å²) < 4.78 is 0. The highest BCUT2D eigenvalue weighted by Gasteiger charge is 2.70. The van der Waals surface area contributed by atoms with Crippen LogP contribution in [0.25, 0.3) is 0 Å². The molecular formula is C40H41N3O5. The average molecular weight is 644 g/mol. The van der Waals surface area contributed by atoms with Crippen molar-refractivity contribution in [3.8, 4) is 5.75 Å². The largest absolute Gasteiger partial charge is 0.508 e. The SMILES string of the molecule is Cc1ccc(NN2C(=O)C3CC4C(=CCC5C(=O)N(C6CCCCC6)C(=O)C54)C(c4ccc(O)c(C)c4)C3(c3ccccc3)C2=O)cc1. The number of benzene rings is 3. The number of phenols is 1. The molecule has 246 valence electrons. The van der Waals surface area contributed by atoms with Crippen LogP contribution in [-0.4, -0.2) is 44.7 Å². The summed E-state index contributed by atoms with van der Waals surface area (Å²) in [6, 6.07) is 22.4. The van der Waals surface area contributed by atoms with Gasteiger partial charge in [0.1, 0.15) is 5.75 Å². The predicted molar refractivity (Wildman–Crippen MR) is 180 cm³/mol. The maximum absolute atomic E-state index is 15.2. The third-order valence-corrected chi connectivity index (χ3v) is 11.9. The number of carbonyl (C=O) groups is 4. The molecule has 3 aliphatic carbocycles. The summed E-state index contributed by atoms with van der Waals surface area (Å²) in [7, 11) is 0. The molecule has 0 aromatic heterocycles. The first-order chi connectivity index (χ1) is 23.2. The van der Waals surface area contributed by atoms with Crippen LogP contribution in [0.2, 0.25) is 0 Å². The lowest BCUT2D eigenvalue weighted by Crippen LogP contribution is -2.53. The minimum atomic E-state index is -1.32. The molecule has 8 nitrogen and oxygen atoms in total. The fourth-order valence-electron chi connectivity index (χ4n) is 9.70. The molecule has 0 bridgehead atoms. The van der Waals surface area contributed by atoms with E-state index in [1.165, 1.54) is 5.01 Å². The number of hydrogen-bond donors (Lipinski definition) is 2. The standard InChI is InChI=1S/C40H41N3O5/c1-23-13-16-27(17-14-23)41-43-37(46)32-22-31-29(18-19-30-34(31)38(47)42(36(30)45)28-11-7-4-8-12-28)35(25-15-20-33(44)24(2)21-25)40(32,39(43)48)26-9-5-3-6-10-26/h3,5-6,9-10,13-18,20-21,28,30-32,34-35,41,44H,4,7-8,11-12,19,22H2,1-2H3. The maximum Gasteiger partial charge on any atom is 0.260 e. The van der Waals surface area contributed by atoms with E-state index in [-0.39, 0.29) is 47.8 Å². The third kappa shape index (κ3) is 4.41. The van der Waals surface area contributed by atoms with E-state index in [0.717, 1.165) is 54.4 Å². The number of likely N-dealkylation sites (tertiary alicyclic amines) is 1. The van der Waals surface area contributed by atoms with Gasteiger partial charge in [-0.3, -0.25) is 29.5 Å². The van der Waals surface area contributed by atoms with E-state index in [4.69, 9.17) is 0 Å². The summed E-state index contributed by atoms with van der Waals surface area (Å²) in [5.74, 6) is -3.56. The van der Waals surface area contributed by atoms with Crippen LogP contribution in [0, 0.1) is 37.5 Å². The van der Waals surface area contributed by atoms with Crippen molar-refractivity contribution in [2.45, 2.75) is 76.2 Å². The van der Waals surface area contributed by atoms with E-state index in [1.807, 2.05) is 80.6 Å². The maximum atomic E-state index is 15.2. The van der Waals surface area contributed by atoms with Crippen molar-refractivity contribution in [2.24, 2.45) is 23.7 Å². The van der Waals surface area contributed by atoms with Crippen molar-refractivity contribution in [1.82, 2.24) is 9.91 Å². The molecule has 4 fully saturated rings. The molecule has 4 amide bonds. The lowest BCUT2D eigenvalue weighted by Gasteiger charge is -2.50. The van der Waals surface area contributed by atoms with Crippen LogP contribution in [0.3, 0.4) is 0 Å². The van der Waals surface area contributed by atoms with E-state index in [0.29, 0.717) is 17.7 Å². The highest BCUT2D eigenvalue weighted by Crippen LogP contribution is 2.64. The zero-order valence-corrected chi connectivity index (χ0v) is 27.4. The van der Waals surface area contributed by atoms with Crippen LogP contribution in [-0.2, 0) is 24.6 Å². The van der Waals surface area contributed by atoms with E-state index in [1.54, 1.807) is 11.0 Å². The van der Waals surface area contributed by atoms with Gasteiger partial charge in [0.05, 0.1) is 28.9 Å². The summed E-state index contributed by atoms with van der Waals surface area (Å²) in [4.78, 5) is 59.9. The van der Waals surface area contributed by atoms with Crippen LogP contribution in [0.15, 0.2) is 84.4 Å². The number of aryl methyl sites for hydroxylation is 2. The van der Waals surface area contributed by atoms with Gasteiger partial charge in [0.2, 0.25) is 11.8 Å². The second-order valence-corrected chi connectivity index (χ2v) is 14.5. The third-order valence-electron chi connectivity index (χ3n) is 11.9. The van der Waals surface area contributed by atoms with E-state index in [9.17, 15) is 19.5 Å². The fourth-order valence-corrected chi connectivity index (χ4v) is 9.70. The van der Waals surface area contributed by atoms with Gasteiger partial charge in [0, 0.05) is 12.0 Å². The Balaban J connectivity index is 1.30. The smallest absolute Gasteiger partial charge is 0.260 e. The quantitative estimate of drug-likeness (QED) is 0.249. The number of rotatable bonds is 5. The topological polar surface area (TPSA) is 107 Å². The molecule has 3 aromatic carbocycles. The molecule has 6 atom stereocenters. The summed E-state index contributed by atoms with van der Waals surface area (Å²) in [5.41, 5.74) is 6.64. The highest BCUT2D eigenvalue weighted by molar-refractivity contribution is 6.13. The van der Waals surface area contributed by atoms with E-state index < -0.39 is 29.1 Å². The molecule has 2 N–H and O–H groups in total. The van der Waals surface area contributed by atoms with Crippen molar-refractivity contribution in [1.29, 1.82) is 0 Å². The number of carbonyl (C=O) groups excluding carboxylic acids is 4. The molecule has 5 aliphatic rings. The number of nitrogens with zero attached hydrogens (tertiary/aromatic N) is 2. The fraction of sp³-hybridized carbons (Fsp3) is 0.400. The predicted octanol–water partition coefficient (Wildman–Crippen LogP) is 6.33. The number of phenolic OH excluding ortho intramolecular Hbond substituents is 1. The number of hydrazine groups is 1. The Bertz CT molecular complexity index is 1850. The van der Waals surface area contributed by atoms with Crippen LogP contribution in [0.5, 0.6) is 5.75 Å². The highest BCUT2D eigenvalue weighted by atomic mass is 16.3. The first-order valence-electron chi connectivity index (χ1n) is 17.4. The molecule has 0 spiro atoms. The first kappa shape index (κ1) is 30.6. The van der Waals surface area contributed by atoms with Crippen molar-refractivity contribution >= 4 is 29.3 Å². The van der Waals surface area contributed by atoms with Crippen LogP contribution in [0.1, 0.15) is 73.1 Å². The van der Waals surface area contributed by atoms with E-state index >= 15 is 4.79 Å². The minimum Gasteiger partial charge on any atom is -0.508 e. The van der Waals surface area contributed by atoms with Gasteiger partial charge in [-0.15, -0.1) is 0 Å². The van der Waals surface area contributed by atoms with Crippen LogP contribution in [0.4, 0.5) is 5.69 Å². The minimum absolute atomic E-state index is 0.0702. The normalized spacial score (nSPS) is 30.2. The molecule has 0 radical (unpaired) electrons. The Labute approximate surface area is 280 Å². The number of amides is 4. The molecule has 3 aromatic rings. The molecule has 2 saturated heterocycles. The Kier molecular flexibility index (Phi) is 7.31. The summed E-state index contributed by atoms with van der Waals surface area (Å²) in [5, 5.41) is 11.7.